The molecule has 2 nitrogen and oxygen atoms in total. The normalized spacial score (nSPS) is 40.0. The molecule has 1 aliphatic heterocycles. The van der Waals surface area contributed by atoms with E-state index in [1.165, 1.54) is 31.3 Å². The molecule has 0 aromatic carbocycles. The van der Waals surface area contributed by atoms with Gasteiger partial charge >= 0.3 is 0 Å². The fourth-order valence-electron chi connectivity index (χ4n) is 4.33. The van der Waals surface area contributed by atoms with Gasteiger partial charge in [0.25, 0.3) is 0 Å². The average molecular weight is 294 g/mol. The van der Waals surface area contributed by atoms with Gasteiger partial charge in [0, 0.05) is 13.0 Å². The summed E-state index contributed by atoms with van der Waals surface area (Å²) in [6, 6.07) is 0. The molecule has 21 heavy (non-hydrogen) atoms. The quantitative estimate of drug-likeness (QED) is 0.517. The highest BCUT2D eigenvalue weighted by Crippen LogP contribution is 2.54. The van der Waals surface area contributed by atoms with Crippen LogP contribution >= 0.6 is 0 Å². The van der Waals surface area contributed by atoms with Gasteiger partial charge in [-0.2, -0.15) is 0 Å². The fraction of sp³-hybridized carbons (Fsp3) is 0.895. The second-order valence-electron chi connectivity index (χ2n) is 7.68. The number of ether oxygens (including phenoxy) is 2. The lowest BCUT2D eigenvalue weighted by molar-refractivity contribution is -0.0631. The van der Waals surface area contributed by atoms with Gasteiger partial charge in [-0.3, -0.25) is 0 Å². The summed E-state index contributed by atoms with van der Waals surface area (Å²) in [7, 11) is 1.88. The SMILES string of the molecule is CC[C@@H]1C[C@]2(CO2)[C@@H](/C(C)=C/CCC(C)C)[C@H](OC)[C@@H]1C. The van der Waals surface area contributed by atoms with Crippen LogP contribution in [0.2, 0.25) is 0 Å². The molecule has 2 fully saturated rings. The van der Waals surface area contributed by atoms with E-state index in [0.29, 0.717) is 17.9 Å². The molecule has 0 aromatic rings. The van der Waals surface area contributed by atoms with Crippen LogP contribution in [0.25, 0.3) is 0 Å². The molecule has 2 heteroatoms. The number of hydrogen-bond acceptors (Lipinski definition) is 2. The molecule has 0 unspecified atom stereocenters. The molecule has 0 N–H and O–H groups in total. The lowest BCUT2D eigenvalue weighted by atomic mass is 9.64. The summed E-state index contributed by atoms with van der Waals surface area (Å²) in [4.78, 5) is 0. The van der Waals surface area contributed by atoms with E-state index in [0.717, 1.165) is 18.4 Å². The Morgan fingerprint density at radius 2 is 2.10 bits per heavy atom. The second-order valence-corrected chi connectivity index (χ2v) is 7.68. The summed E-state index contributed by atoms with van der Waals surface area (Å²) >= 11 is 0. The molecule has 0 aromatic heterocycles. The van der Waals surface area contributed by atoms with Gasteiger partial charge in [-0.15, -0.1) is 0 Å². The Kier molecular flexibility index (Phi) is 5.54. The van der Waals surface area contributed by atoms with E-state index < -0.39 is 0 Å². The van der Waals surface area contributed by atoms with Gasteiger partial charge in [0.05, 0.1) is 12.7 Å². The zero-order valence-corrected chi connectivity index (χ0v) is 14.8. The van der Waals surface area contributed by atoms with Gasteiger partial charge in [-0.05, 0) is 43.9 Å². The Labute approximate surface area is 131 Å². The Hall–Kier alpha value is -0.340. The summed E-state index contributed by atoms with van der Waals surface area (Å²) in [6.45, 7) is 12.5. The Morgan fingerprint density at radius 1 is 1.43 bits per heavy atom. The Balaban J connectivity index is 2.15. The van der Waals surface area contributed by atoms with E-state index in [-0.39, 0.29) is 5.60 Å². The van der Waals surface area contributed by atoms with Crippen LogP contribution in [0.1, 0.15) is 60.3 Å². The number of rotatable bonds is 6. The standard InChI is InChI=1S/C19H34O2/c1-7-16-11-19(12-21-19)17(18(20-6)15(16)5)14(4)10-8-9-13(2)3/h10,13,15-18H,7-9,11-12H2,1-6H3/b14-10+/t15-,16-,17+,18-,19+/m1/s1. The number of methoxy groups -OCH3 is 1. The fourth-order valence-corrected chi connectivity index (χ4v) is 4.33. The third-order valence-electron chi connectivity index (χ3n) is 5.78. The predicted octanol–water partition coefficient (Wildman–Crippen LogP) is 4.84. The summed E-state index contributed by atoms with van der Waals surface area (Å²) in [5, 5.41) is 0. The highest BCUT2D eigenvalue weighted by atomic mass is 16.6. The molecule has 1 aliphatic carbocycles. The van der Waals surface area contributed by atoms with Gasteiger partial charge in [0.15, 0.2) is 0 Å². The van der Waals surface area contributed by atoms with Crippen LogP contribution in [-0.2, 0) is 9.47 Å². The Morgan fingerprint density at radius 3 is 2.57 bits per heavy atom. The highest BCUT2D eigenvalue weighted by Gasteiger charge is 2.60. The van der Waals surface area contributed by atoms with Gasteiger partial charge in [-0.25, -0.2) is 0 Å². The maximum absolute atomic E-state index is 5.99. The minimum Gasteiger partial charge on any atom is -0.380 e. The molecule has 1 heterocycles. The molecule has 122 valence electrons. The van der Waals surface area contributed by atoms with E-state index in [2.05, 4.69) is 40.7 Å². The molecule has 2 rings (SSSR count). The number of allylic oxidation sites excluding steroid dienone is 1. The molecule has 0 amide bonds. The van der Waals surface area contributed by atoms with Crippen LogP contribution in [0, 0.1) is 23.7 Å². The van der Waals surface area contributed by atoms with E-state index in [1.807, 2.05) is 7.11 Å². The van der Waals surface area contributed by atoms with E-state index in [9.17, 15) is 0 Å². The van der Waals surface area contributed by atoms with Crippen molar-refractivity contribution < 1.29 is 9.47 Å². The molecule has 0 bridgehead atoms. The minimum absolute atomic E-state index is 0.0896. The van der Waals surface area contributed by atoms with Crippen molar-refractivity contribution in [3.8, 4) is 0 Å². The molecule has 2 aliphatic rings. The largest absolute Gasteiger partial charge is 0.380 e. The van der Waals surface area contributed by atoms with Gasteiger partial charge in [0.2, 0.25) is 0 Å². The van der Waals surface area contributed by atoms with Crippen molar-refractivity contribution >= 4 is 0 Å². The predicted molar refractivity (Wildman–Crippen MR) is 88.4 cm³/mol. The Bertz CT molecular complexity index is 368. The van der Waals surface area contributed by atoms with Crippen LogP contribution in [0.3, 0.4) is 0 Å². The second kappa shape index (κ2) is 6.83. The lowest BCUT2D eigenvalue weighted by Gasteiger charge is -2.45. The minimum atomic E-state index is 0.0896. The van der Waals surface area contributed by atoms with Crippen LogP contribution in [0.15, 0.2) is 11.6 Å². The first-order valence-electron chi connectivity index (χ1n) is 8.78. The highest BCUT2D eigenvalue weighted by molar-refractivity contribution is 5.21. The molecule has 1 spiro atoms. The van der Waals surface area contributed by atoms with Crippen molar-refractivity contribution in [2.45, 2.75) is 72.0 Å². The summed E-state index contributed by atoms with van der Waals surface area (Å²) in [5.74, 6) is 2.58. The molecule has 0 radical (unpaired) electrons. The van der Waals surface area contributed by atoms with Crippen LogP contribution in [0.5, 0.6) is 0 Å². The first-order chi connectivity index (χ1) is 9.95. The summed E-state index contributed by atoms with van der Waals surface area (Å²) in [5.41, 5.74) is 1.58. The van der Waals surface area contributed by atoms with Crippen LogP contribution in [0.4, 0.5) is 0 Å². The first kappa shape index (κ1) is 17.0. The summed E-state index contributed by atoms with van der Waals surface area (Å²) in [6.07, 6.45) is 7.64. The van der Waals surface area contributed by atoms with Crippen LogP contribution < -0.4 is 0 Å². The van der Waals surface area contributed by atoms with E-state index in [1.54, 1.807) is 0 Å². The third kappa shape index (κ3) is 3.53. The smallest absolute Gasteiger partial charge is 0.101 e. The van der Waals surface area contributed by atoms with E-state index >= 15 is 0 Å². The zero-order chi connectivity index (χ0) is 15.6. The van der Waals surface area contributed by atoms with Gasteiger partial charge < -0.3 is 9.47 Å². The topological polar surface area (TPSA) is 21.8 Å². The van der Waals surface area contributed by atoms with Crippen molar-refractivity contribution in [3.63, 3.8) is 0 Å². The van der Waals surface area contributed by atoms with Crippen molar-refractivity contribution in [2.24, 2.45) is 23.7 Å². The van der Waals surface area contributed by atoms with Crippen molar-refractivity contribution in [3.05, 3.63) is 11.6 Å². The number of hydrogen-bond donors (Lipinski definition) is 0. The van der Waals surface area contributed by atoms with Crippen molar-refractivity contribution in [1.82, 2.24) is 0 Å². The van der Waals surface area contributed by atoms with Crippen LogP contribution in [-0.4, -0.2) is 25.4 Å². The lowest BCUT2D eigenvalue weighted by Crippen LogP contribution is -2.49. The third-order valence-corrected chi connectivity index (χ3v) is 5.78. The van der Waals surface area contributed by atoms with Crippen molar-refractivity contribution in [2.75, 3.05) is 13.7 Å². The molecule has 1 saturated heterocycles. The first-order valence-corrected chi connectivity index (χ1v) is 8.78. The maximum Gasteiger partial charge on any atom is 0.101 e. The maximum atomic E-state index is 5.99. The molecular formula is C19H34O2. The summed E-state index contributed by atoms with van der Waals surface area (Å²) < 4.78 is 11.9. The van der Waals surface area contributed by atoms with E-state index in [4.69, 9.17) is 9.47 Å². The molecular weight excluding hydrogens is 260 g/mol. The van der Waals surface area contributed by atoms with Gasteiger partial charge in [0.1, 0.15) is 5.60 Å². The molecule has 1 saturated carbocycles. The molecule has 5 atom stereocenters. The monoisotopic (exact) mass is 294 g/mol. The number of epoxide rings is 1. The zero-order valence-electron chi connectivity index (χ0n) is 14.8. The van der Waals surface area contributed by atoms with Gasteiger partial charge in [-0.1, -0.05) is 45.8 Å². The van der Waals surface area contributed by atoms with Crippen molar-refractivity contribution in [1.29, 1.82) is 0 Å². The average Bonchev–Trinajstić information content (AvgIpc) is 3.20.